The molecule has 0 spiro atoms. The van der Waals surface area contributed by atoms with E-state index in [0.29, 0.717) is 19.3 Å². The van der Waals surface area contributed by atoms with Crippen molar-refractivity contribution in [1.29, 1.82) is 0 Å². The summed E-state index contributed by atoms with van der Waals surface area (Å²) in [5.74, 6) is -1.11. The highest BCUT2D eigenvalue weighted by Crippen LogP contribution is 2.26. The molecule has 0 atom stereocenters. The first-order chi connectivity index (χ1) is 7.93. The molecular formula is C11H16ClFN2O2. The third kappa shape index (κ3) is 2.16. The molecule has 0 aliphatic rings. The lowest BCUT2D eigenvalue weighted by molar-refractivity contribution is 0.228. The second kappa shape index (κ2) is 5.04. The van der Waals surface area contributed by atoms with Crippen molar-refractivity contribution in [1.82, 2.24) is 9.55 Å². The minimum absolute atomic E-state index is 0.534. The quantitative estimate of drug-likeness (QED) is 0.846. The number of nitrogens with one attached hydrogen (secondary N) is 1. The molecule has 0 unspecified atom stereocenters. The predicted molar refractivity (Wildman–Crippen MR) is 65.1 cm³/mol. The SMILES string of the molecule is CCC(CC)(CC)n1c(=O)[nH]c(Cl)c(F)c1=O. The van der Waals surface area contributed by atoms with Gasteiger partial charge >= 0.3 is 5.69 Å². The summed E-state index contributed by atoms with van der Waals surface area (Å²) in [7, 11) is 0. The van der Waals surface area contributed by atoms with E-state index in [9.17, 15) is 14.0 Å². The van der Waals surface area contributed by atoms with Gasteiger partial charge in [-0.3, -0.25) is 14.3 Å². The number of nitrogens with zero attached hydrogens (tertiary/aromatic N) is 1. The van der Waals surface area contributed by atoms with Gasteiger partial charge in [-0.2, -0.15) is 4.39 Å². The molecule has 1 aromatic heterocycles. The molecule has 0 bridgehead atoms. The third-order valence-corrected chi connectivity index (χ3v) is 3.71. The Hall–Kier alpha value is -1.10. The largest absolute Gasteiger partial charge is 0.330 e. The third-order valence-electron chi connectivity index (χ3n) is 3.45. The van der Waals surface area contributed by atoms with Crippen LogP contribution >= 0.6 is 11.6 Å². The molecule has 0 radical (unpaired) electrons. The lowest BCUT2D eigenvalue weighted by Crippen LogP contribution is -2.49. The van der Waals surface area contributed by atoms with Crippen molar-refractivity contribution in [2.75, 3.05) is 0 Å². The Morgan fingerprint density at radius 2 is 1.71 bits per heavy atom. The van der Waals surface area contributed by atoms with Crippen LogP contribution in [0, 0.1) is 5.82 Å². The van der Waals surface area contributed by atoms with Crippen molar-refractivity contribution in [3.63, 3.8) is 0 Å². The number of hydrogen-bond acceptors (Lipinski definition) is 2. The van der Waals surface area contributed by atoms with E-state index >= 15 is 0 Å². The first kappa shape index (κ1) is 14.0. The van der Waals surface area contributed by atoms with Gasteiger partial charge in [0.2, 0.25) is 5.82 Å². The van der Waals surface area contributed by atoms with Gasteiger partial charge in [-0.05, 0) is 19.3 Å². The van der Waals surface area contributed by atoms with Crippen LogP contribution in [0.1, 0.15) is 40.0 Å². The molecule has 96 valence electrons. The van der Waals surface area contributed by atoms with E-state index in [0.717, 1.165) is 4.57 Å². The maximum Gasteiger partial charge on any atom is 0.330 e. The van der Waals surface area contributed by atoms with Gasteiger partial charge in [-0.1, -0.05) is 32.4 Å². The highest BCUT2D eigenvalue weighted by Gasteiger charge is 2.31. The summed E-state index contributed by atoms with van der Waals surface area (Å²) in [6.07, 6.45) is 1.72. The van der Waals surface area contributed by atoms with Crippen LogP contribution < -0.4 is 11.2 Å². The molecule has 1 heterocycles. The fraction of sp³-hybridized carbons (Fsp3) is 0.636. The van der Waals surface area contributed by atoms with Crippen LogP contribution in [0.3, 0.4) is 0 Å². The van der Waals surface area contributed by atoms with Gasteiger partial charge in [0.1, 0.15) is 0 Å². The van der Waals surface area contributed by atoms with Crippen LogP contribution in [-0.2, 0) is 5.54 Å². The Bertz CT molecular complexity index is 509. The number of hydrogen-bond donors (Lipinski definition) is 1. The summed E-state index contributed by atoms with van der Waals surface area (Å²) in [6.45, 7) is 5.60. The van der Waals surface area contributed by atoms with Crippen LogP contribution in [0.2, 0.25) is 5.15 Å². The topological polar surface area (TPSA) is 54.9 Å². The Labute approximate surface area is 103 Å². The van der Waals surface area contributed by atoms with E-state index in [4.69, 9.17) is 11.6 Å². The van der Waals surface area contributed by atoms with E-state index in [-0.39, 0.29) is 0 Å². The fourth-order valence-corrected chi connectivity index (χ4v) is 2.31. The molecule has 17 heavy (non-hydrogen) atoms. The van der Waals surface area contributed by atoms with Gasteiger partial charge in [-0.25, -0.2) is 4.79 Å². The highest BCUT2D eigenvalue weighted by molar-refractivity contribution is 6.29. The smallest absolute Gasteiger partial charge is 0.295 e. The summed E-state index contributed by atoms with van der Waals surface area (Å²) in [4.78, 5) is 25.8. The van der Waals surface area contributed by atoms with Gasteiger partial charge < -0.3 is 0 Å². The fourth-order valence-electron chi connectivity index (χ4n) is 2.14. The molecule has 6 heteroatoms. The zero-order valence-corrected chi connectivity index (χ0v) is 10.9. The van der Waals surface area contributed by atoms with Gasteiger partial charge in [0.05, 0.1) is 5.54 Å². The monoisotopic (exact) mass is 262 g/mol. The summed E-state index contributed by atoms with van der Waals surface area (Å²) in [5.41, 5.74) is -2.27. The van der Waals surface area contributed by atoms with E-state index in [1.807, 2.05) is 20.8 Å². The summed E-state index contributed by atoms with van der Waals surface area (Å²) in [6, 6.07) is 0. The second-order valence-corrected chi connectivity index (χ2v) is 4.36. The molecule has 0 amide bonds. The minimum Gasteiger partial charge on any atom is -0.295 e. The average molecular weight is 263 g/mol. The molecule has 1 aromatic rings. The molecule has 0 aliphatic heterocycles. The van der Waals surface area contributed by atoms with Crippen LogP contribution in [-0.4, -0.2) is 9.55 Å². The van der Waals surface area contributed by atoms with Crippen LogP contribution in [0.25, 0.3) is 0 Å². The zero-order valence-electron chi connectivity index (χ0n) is 10.1. The summed E-state index contributed by atoms with van der Waals surface area (Å²) in [5, 5.41) is -0.534. The summed E-state index contributed by atoms with van der Waals surface area (Å²) < 4.78 is 14.4. The molecular weight excluding hydrogens is 247 g/mol. The van der Waals surface area contributed by atoms with E-state index < -0.39 is 27.8 Å². The molecule has 0 saturated heterocycles. The number of aromatic nitrogens is 2. The van der Waals surface area contributed by atoms with Crippen LogP contribution in [0.4, 0.5) is 4.39 Å². The van der Waals surface area contributed by atoms with Crippen molar-refractivity contribution in [3.8, 4) is 0 Å². The van der Waals surface area contributed by atoms with Gasteiger partial charge in [0.15, 0.2) is 5.15 Å². The van der Waals surface area contributed by atoms with Crippen molar-refractivity contribution >= 4 is 11.6 Å². The highest BCUT2D eigenvalue weighted by atomic mass is 35.5. The average Bonchev–Trinajstić information content (AvgIpc) is 2.32. The standard InChI is InChI=1S/C11H16ClFN2O2/c1-4-11(5-2,6-3)15-9(16)7(13)8(12)14-10(15)17/h4-6H2,1-3H3,(H,14,17). The van der Waals surface area contributed by atoms with Gasteiger partial charge in [0, 0.05) is 0 Å². The molecule has 4 nitrogen and oxygen atoms in total. The number of halogens is 2. The molecule has 0 fully saturated rings. The molecule has 1 rings (SSSR count). The normalized spacial score (nSPS) is 11.8. The van der Waals surface area contributed by atoms with E-state index in [1.165, 1.54) is 0 Å². The number of rotatable bonds is 4. The van der Waals surface area contributed by atoms with Crippen molar-refractivity contribution in [2.24, 2.45) is 0 Å². The Balaban J connectivity index is 3.67. The lowest BCUT2D eigenvalue weighted by Gasteiger charge is -2.31. The van der Waals surface area contributed by atoms with Gasteiger partial charge in [-0.15, -0.1) is 0 Å². The lowest BCUT2D eigenvalue weighted by atomic mass is 9.89. The molecule has 0 aliphatic carbocycles. The maximum absolute atomic E-state index is 13.5. The zero-order chi connectivity index (χ0) is 13.2. The Kier molecular flexibility index (Phi) is 4.14. The Morgan fingerprint density at radius 1 is 1.24 bits per heavy atom. The maximum atomic E-state index is 13.5. The first-order valence-corrected chi connectivity index (χ1v) is 6.02. The minimum atomic E-state index is -1.11. The molecule has 1 N–H and O–H groups in total. The van der Waals surface area contributed by atoms with E-state index in [2.05, 4.69) is 4.98 Å². The van der Waals surface area contributed by atoms with Crippen LogP contribution in [0.5, 0.6) is 0 Å². The van der Waals surface area contributed by atoms with Crippen LogP contribution in [0.15, 0.2) is 9.59 Å². The molecule has 0 aromatic carbocycles. The number of H-pyrrole nitrogens is 1. The van der Waals surface area contributed by atoms with Crippen molar-refractivity contribution in [2.45, 2.75) is 45.6 Å². The van der Waals surface area contributed by atoms with E-state index in [1.54, 1.807) is 0 Å². The summed E-state index contributed by atoms with van der Waals surface area (Å²) >= 11 is 5.43. The second-order valence-electron chi connectivity index (χ2n) is 3.98. The van der Waals surface area contributed by atoms with Gasteiger partial charge in [0.25, 0.3) is 5.56 Å². The molecule has 0 saturated carbocycles. The Morgan fingerprint density at radius 3 is 2.12 bits per heavy atom. The van der Waals surface area contributed by atoms with Crippen molar-refractivity contribution in [3.05, 3.63) is 31.8 Å². The van der Waals surface area contributed by atoms with Crippen molar-refractivity contribution < 1.29 is 4.39 Å². The predicted octanol–water partition coefficient (Wildman–Crippen LogP) is 2.25. The first-order valence-electron chi connectivity index (χ1n) is 5.64. The number of aromatic amines is 1.